The molecule has 0 fully saturated rings. The number of nitrogens with zero attached hydrogens (tertiary/aromatic N) is 4. The molecule has 0 aliphatic heterocycles. The molecule has 0 bridgehead atoms. The molecule has 0 aliphatic rings. The monoisotopic (exact) mass is 442 g/mol. The van der Waals surface area contributed by atoms with E-state index in [2.05, 4.69) is 30.6 Å². The maximum Gasteiger partial charge on any atom is 0.374 e. The molecule has 0 amide bonds. The number of furan rings is 1. The van der Waals surface area contributed by atoms with Crippen LogP contribution in [0.25, 0.3) is 11.0 Å². The van der Waals surface area contributed by atoms with E-state index in [1.165, 1.54) is 0 Å². The highest BCUT2D eigenvalue weighted by Crippen LogP contribution is 2.16. The standard InChI is InChI=1S/C20H19BrN4O3/c1-14-23-17-5-2-3-6-18(17)25(14)9-4-10-27-20(26)19-8-7-16(28-19)13-24-12-15(21)11-22-24/h2-3,5-8,11-12H,4,9-10,13H2,1H3. The number of esters is 1. The Bertz CT molecular complexity index is 1110. The Kier molecular flexibility index (Phi) is 5.29. The minimum atomic E-state index is -0.458. The second-order valence-electron chi connectivity index (χ2n) is 6.41. The van der Waals surface area contributed by atoms with Gasteiger partial charge in [-0.25, -0.2) is 9.78 Å². The Morgan fingerprint density at radius 2 is 2.11 bits per heavy atom. The molecule has 3 aromatic heterocycles. The third-order valence-corrected chi connectivity index (χ3v) is 4.80. The van der Waals surface area contributed by atoms with E-state index in [-0.39, 0.29) is 5.76 Å². The highest BCUT2D eigenvalue weighted by Gasteiger charge is 2.13. The summed E-state index contributed by atoms with van der Waals surface area (Å²) in [5, 5.41) is 4.17. The van der Waals surface area contributed by atoms with Crippen LogP contribution in [0.1, 0.15) is 28.6 Å². The highest BCUT2D eigenvalue weighted by atomic mass is 79.9. The van der Waals surface area contributed by atoms with E-state index in [9.17, 15) is 4.79 Å². The molecule has 0 N–H and O–H groups in total. The Morgan fingerprint density at radius 1 is 1.25 bits per heavy atom. The first-order chi connectivity index (χ1) is 13.6. The van der Waals surface area contributed by atoms with Gasteiger partial charge in [-0.3, -0.25) is 4.68 Å². The van der Waals surface area contributed by atoms with Gasteiger partial charge < -0.3 is 13.7 Å². The number of aromatic nitrogens is 4. The number of halogens is 1. The number of aryl methyl sites for hydroxylation is 2. The number of ether oxygens (including phenoxy) is 1. The van der Waals surface area contributed by atoms with E-state index < -0.39 is 5.97 Å². The summed E-state index contributed by atoms with van der Waals surface area (Å²) in [7, 11) is 0. The van der Waals surface area contributed by atoms with Gasteiger partial charge in [-0.15, -0.1) is 0 Å². The average Bonchev–Trinajstić information content (AvgIpc) is 3.38. The minimum Gasteiger partial charge on any atom is -0.460 e. The number of benzene rings is 1. The van der Waals surface area contributed by atoms with Crippen LogP contribution in [0.3, 0.4) is 0 Å². The van der Waals surface area contributed by atoms with Gasteiger partial charge in [0.1, 0.15) is 11.6 Å². The molecule has 4 rings (SSSR count). The smallest absolute Gasteiger partial charge is 0.374 e. The van der Waals surface area contributed by atoms with Gasteiger partial charge in [0, 0.05) is 12.7 Å². The fourth-order valence-corrected chi connectivity index (χ4v) is 3.42. The van der Waals surface area contributed by atoms with Crippen molar-refractivity contribution in [1.29, 1.82) is 0 Å². The quantitative estimate of drug-likeness (QED) is 0.316. The molecular formula is C20H19BrN4O3. The van der Waals surface area contributed by atoms with Gasteiger partial charge in [0.25, 0.3) is 0 Å². The summed E-state index contributed by atoms with van der Waals surface area (Å²) in [4.78, 5) is 16.7. The van der Waals surface area contributed by atoms with Crippen LogP contribution in [0.4, 0.5) is 0 Å². The summed E-state index contributed by atoms with van der Waals surface area (Å²) in [5.41, 5.74) is 2.07. The van der Waals surface area contributed by atoms with Gasteiger partial charge in [-0.05, 0) is 53.5 Å². The van der Waals surface area contributed by atoms with Gasteiger partial charge in [0.2, 0.25) is 5.76 Å². The Morgan fingerprint density at radius 3 is 2.93 bits per heavy atom. The lowest BCUT2D eigenvalue weighted by Crippen LogP contribution is -2.09. The van der Waals surface area contributed by atoms with Crippen molar-refractivity contribution in [3.63, 3.8) is 0 Å². The van der Waals surface area contributed by atoms with E-state index in [0.29, 0.717) is 25.3 Å². The predicted molar refractivity (Wildman–Crippen MR) is 107 cm³/mol. The van der Waals surface area contributed by atoms with Gasteiger partial charge in [-0.2, -0.15) is 5.10 Å². The van der Waals surface area contributed by atoms with Crippen LogP contribution < -0.4 is 0 Å². The molecule has 7 nitrogen and oxygen atoms in total. The summed E-state index contributed by atoms with van der Waals surface area (Å²) in [6.45, 7) is 3.48. The lowest BCUT2D eigenvalue weighted by atomic mass is 10.3. The van der Waals surface area contributed by atoms with Crippen molar-refractivity contribution in [2.45, 2.75) is 26.4 Å². The topological polar surface area (TPSA) is 75.1 Å². The molecular weight excluding hydrogens is 424 g/mol. The van der Waals surface area contributed by atoms with E-state index in [0.717, 1.165) is 27.9 Å². The van der Waals surface area contributed by atoms with Crippen LogP contribution in [0.5, 0.6) is 0 Å². The number of carbonyl (C=O) groups is 1. The van der Waals surface area contributed by atoms with Gasteiger partial charge in [0.05, 0.1) is 34.9 Å². The summed E-state index contributed by atoms with van der Waals surface area (Å²) >= 11 is 3.35. The van der Waals surface area contributed by atoms with Gasteiger partial charge in [0.15, 0.2) is 0 Å². The number of carbonyl (C=O) groups excluding carboxylic acids is 1. The fourth-order valence-electron chi connectivity index (χ4n) is 3.09. The molecule has 3 heterocycles. The first kappa shape index (κ1) is 18.5. The molecule has 4 aromatic rings. The predicted octanol–water partition coefficient (Wildman–Crippen LogP) is 4.19. The molecule has 0 saturated heterocycles. The number of hydrogen-bond acceptors (Lipinski definition) is 5. The van der Waals surface area contributed by atoms with Gasteiger partial charge >= 0.3 is 5.97 Å². The number of fused-ring (bicyclic) bond motifs is 1. The van der Waals surface area contributed by atoms with Crippen LogP contribution in [-0.4, -0.2) is 31.9 Å². The van der Waals surface area contributed by atoms with Crippen molar-refractivity contribution < 1.29 is 13.9 Å². The maximum absolute atomic E-state index is 12.2. The van der Waals surface area contributed by atoms with Crippen molar-refractivity contribution in [2.75, 3.05) is 6.61 Å². The van der Waals surface area contributed by atoms with Crippen molar-refractivity contribution in [3.8, 4) is 0 Å². The zero-order chi connectivity index (χ0) is 19.5. The lowest BCUT2D eigenvalue weighted by Gasteiger charge is -2.07. The van der Waals surface area contributed by atoms with Crippen LogP contribution in [0.2, 0.25) is 0 Å². The van der Waals surface area contributed by atoms with Crippen LogP contribution in [0.15, 0.2) is 57.7 Å². The summed E-state index contributed by atoms with van der Waals surface area (Å²) in [6, 6.07) is 11.4. The number of hydrogen-bond donors (Lipinski definition) is 0. The first-order valence-corrected chi connectivity index (χ1v) is 9.75. The summed E-state index contributed by atoms with van der Waals surface area (Å²) < 4.78 is 15.7. The second kappa shape index (κ2) is 8.02. The normalized spacial score (nSPS) is 11.2. The average molecular weight is 443 g/mol. The third-order valence-electron chi connectivity index (χ3n) is 4.39. The molecule has 0 spiro atoms. The minimum absolute atomic E-state index is 0.200. The SMILES string of the molecule is Cc1nc2ccccc2n1CCCOC(=O)c1ccc(Cn2cc(Br)cn2)o1. The van der Waals surface area contributed by atoms with Crippen molar-refractivity contribution >= 4 is 32.9 Å². The number of rotatable bonds is 7. The van der Waals surface area contributed by atoms with Crippen LogP contribution >= 0.6 is 15.9 Å². The Balaban J connectivity index is 1.29. The molecule has 144 valence electrons. The molecule has 0 aliphatic carbocycles. The molecule has 0 atom stereocenters. The van der Waals surface area contributed by atoms with E-state index in [1.54, 1.807) is 23.0 Å². The maximum atomic E-state index is 12.2. The van der Waals surface area contributed by atoms with Crippen LogP contribution in [0, 0.1) is 6.92 Å². The summed E-state index contributed by atoms with van der Waals surface area (Å²) in [5.74, 6) is 1.34. The molecule has 1 aromatic carbocycles. The van der Waals surface area contributed by atoms with Crippen molar-refractivity contribution in [2.24, 2.45) is 0 Å². The zero-order valence-electron chi connectivity index (χ0n) is 15.3. The van der Waals surface area contributed by atoms with E-state index >= 15 is 0 Å². The third kappa shape index (κ3) is 4.01. The Labute approximate surface area is 170 Å². The first-order valence-electron chi connectivity index (χ1n) is 8.96. The second-order valence-corrected chi connectivity index (χ2v) is 7.33. The molecule has 0 saturated carbocycles. The van der Waals surface area contributed by atoms with Crippen molar-refractivity contribution in [1.82, 2.24) is 19.3 Å². The van der Waals surface area contributed by atoms with E-state index in [4.69, 9.17) is 9.15 Å². The lowest BCUT2D eigenvalue weighted by molar-refractivity contribution is 0.0457. The summed E-state index contributed by atoms with van der Waals surface area (Å²) in [6.07, 6.45) is 4.23. The largest absolute Gasteiger partial charge is 0.460 e. The molecule has 0 radical (unpaired) electrons. The molecule has 0 unspecified atom stereocenters. The molecule has 28 heavy (non-hydrogen) atoms. The zero-order valence-corrected chi connectivity index (χ0v) is 16.9. The number of imidazole rings is 1. The van der Waals surface area contributed by atoms with Crippen LogP contribution in [-0.2, 0) is 17.8 Å². The van der Waals surface area contributed by atoms with E-state index in [1.807, 2.05) is 37.4 Å². The Hall–Kier alpha value is -2.87. The van der Waals surface area contributed by atoms with Gasteiger partial charge in [-0.1, -0.05) is 12.1 Å². The number of para-hydroxylation sites is 2. The fraction of sp³-hybridized carbons (Fsp3) is 0.250. The molecule has 8 heteroatoms. The van der Waals surface area contributed by atoms with Crippen molar-refractivity contribution in [3.05, 3.63) is 70.6 Å². The highest BCUT2D eigenvalue weighted by molar-refractivity contribution is 9.10.